The van der Waals surface area contributed by atoms with Gasteiger partial charge in [0.05, 0.1) is 21.1 Å². The quantitative estimate of drug-likeness (QED) is 0.707. The summed E-state index contributed by atoms with van der Waals surface area (Å²) in [6.07, 6.45) is 1.82. The smallest absolute Gasteiger partial charge is 0.231 e. The zero-order valence-electron chi connectivity index (χ0n) is 13.4. The van der Waals surface area contributed by atoms with Gasteiger partial charge in [0.25, 0.3) is 0 Å². The number of hydrogen-bond donors (Lipinski definition) is 1. The molecular formula is C19H20N2OS. The largest absolute Gasteiger partial charge is 0.326 e. The van der Waals surface area contributed by atoms with Crippen molar-refractivity contribution in [3.8, 4) is 0 Å². The Morgan fingerprint density at radius 1 is 1.22 bits per heavy atom. The highest BCUT2D eigenvalue weighted by molar-refractivity contribution is 7.18. The van der Waals surface area contributed by atoms with E-state index < -0.39 is 0 Å². The minimum Gasteiger partial charge on any atom is -0.326 e. The number of aromatic nitrogens is 1. The number of hydrogen-bond acceptors (Lipinski definition) is 3. The summed E-state index contributed by atoms with van der Waals surface area (Å²) in [5.41, 5.74) is 2.89. The monoisotopic (exact) mass is 324 g/mol. The molecule has 0 aliphatic rings. The van der Waals surface area contributed by atoms with Crippen LogP contribution in [0.5, 0.6) is 0 Å². The van der Waals surface area contributed by atoms with Gasteiger partial charge >= 0.3 is 0 Å². The van der Waals surface area contributed by atoms with Gasteiger partial charge in [0.1, 0.15) is 0 Å². The number of nitrogens with one attached hydrogen (secondary N) is 1. The maximum Gasteiger partial charge on any atom is 0.231 e. The summed E-state index contributed by atoms with van der Waals surface area (Å²) < 4.78 is 1.10. The first-order valence-corrected chi connectivity index (χ1v) is 8.72. The van der Waals surface area contributed by atoms with Crippen molar-refractivity contribution < 1.29 is 4.79 Å². The first kappa shape index (κ1) is 15.7. The Labute approximate surface area is 140 Å². The van der Waals surface area contributed by atoms with Crippen LogP contribution in [0.2, 0.25) is 0 Å². The third kappa shape index (κ3) is 3.59. The summed E-state index contributed by atoms with van der Waals surface area (Å²) in [5, 5.41) is 4.11. The molecular weight excluding hydrogens is 304 g/mol. The van der Waals surface area contributed by atoms with Gasteiger partial charge in [0.15, 0.2) is 0 Å². The van der Waals surface area contributed by atoms with Gasteiger partial charge in [0, 0.05) is 5.69 Å². The van der Waals surface area contributed by atoms with Crippen LogP contribution < -0.4 is 5.32 Å². The Bertz CT molecular complexity index is 811. The van der Waals surface area contributed by atoms with Crippen LogP contribution in [0.1, 0.15) is 36.3 Å². The topological polar surface area (TPSA) is 42.0 Å². The van der Waals surface area contributed by atoms with E-state index in [1.165, 1.54) is 0 Å². The van der Waals surface area contributed by atoms with E-state index in [1.54, 1.807) is 11.3 Å². The Kier molecular flexibility index (Phi) is 4.72. The van der Waals surface area contributed by atoms with Gasteiger partial charge in [-0.15, -0.1) is 11.3 Å². The van der Waals surface area contributed by atoms with Crippen molar-refractivity contribution in [2.24, 2.45) is 0 Å². The fourth-order valence-corrected chi connectivity index (χ4v) is 3.64. The Morgan fingerprint density at radius 2 is 2.00 bits per heavy atom. The standard InChI is InChI=1S/C19H20N2OS/c1-3-7-16(14-8-5-4-6-9-14)19(22)21-15-10-11-17-18(12-15)23-13(2)20-17/h4-6,8-12,16H,3,7H2,1-2H3,(H,21,22)/t16-/m1/s1. The number of thiazole rings is 1. The van der Waals surface area contributed by atoms with E-state index in [-0.39, 0.29) is 11.8 Å². The third-order valence-corrected chi connectivity index (χ3v) is 4.79. The predicted octanol–water partition coefficient (Wildman–Crippen LogP) is 5.13. The molecule has 0 aliphatic carbocycles. The molecule has 1 aromatic heterocycles. The van der Waals surface area contributed by atoms with Crippen LogP contribution in [-0.4, -0.2) is 10.9 Å². The number of nitrogens with zero attached hydrogens (tertiary/aromatic N) is 1. The Balaban J connectivity index is 1.82. The number of anilines is 1. The fraction of sp³-hybridized carbons (Fsp3) is 0.263. The highest BCUT2D eigenvalue weighted by Gasteiger charge is 2.19. The van der Waals surface area contributed by atoms with E-state index in [0.717, 1.165) is 39.3 Å². The molecule has 23 heavy (non-hydrogen) atoms. The minimum atomic E-state index is -0.111. The van der Waals surface area contributed by atoms with Gasteiger partial charge in [0.2, 0.25) is 5.91 Å². The molecule has 3 nitrogen and oxygen atoms in total. The molecule has 0 saturated heterocycles. The number of carbonyl (C=O) groups excluding carboxylic acids is 1. The van der Waals surface area contributed by atoms with Gasteiger partial charge in [-0.2, -0.15) is 0 Å². The van der Waals surface area contributed by atoms with E-state index in [0.29, 0.717) is 0 Å². The lowest BCUT2D eigenvalue weighted by molar-refractivity contribution is -0.117. The molecule has 0 fully saturated rings. The van der Waals surface area contributed by atoms with Crippen molar-refractivity contribution >= 4 is 33.1 Å². The molecule has 0 bridgehead atoms. The maximum atomic E-state index is 12.7. The average Bonchev–Trinajstić information content (AvgIpc) is 2.92. The molecule has 118 valence electrons. The number of carbonyl (C=O) groups is 1. The van der Waals surface area contributed by atoms with E-state index in [4.69, 9.17) is 0 Å². The molecule has 0 radical (unpaired) electrons. The Morgan fingerprint density at radius 3 is 2.74 bits per heavy atom. The van der Waals surface area contributed by atoms with Crippen LogP contribution >= 0.6 is 11.3 Å². The van der Waals surface area contributed by atoms with Gasteiger partial charge in [-0.3, -0.25) is 4.79 Å². The lowest BCUT2D eigenvalue weighted by atomic mass is 9.93. The Hall–Kier alpha value is -2.20. The number of rotatable bonds is 5. The molecule has 1 N–H and O–H groups in total. The molecule has 4 heteroatoms. The molecule has 0 unspecified atom stereocenters. The lowest BCUT2D eigenvalue weighted by Crippen LogP contribution is -2.21. The lowest BCUT2D eigenvalue weighted by Gasteiger charge is -2.16. The van der Waals surface area contributed by atoms with E-state index in [9.17, 15) is 4.79 Å². The average molecular weight is 324 g/mol. The van der Waals surface area contributed by atoms with Crippen LogP contribution in [0.15, 0.2) is 48.5 Å². The molecule has 1 atom stereocenters. The van der Waals surface area contributed by atoms with Gasteiger partial charge in [-0.25, -0.2) is 4.98 Å². The molecule has 1 heterocycles. The summed E-state index contributed by atoms with van der Waals surface area (Å²) in [5.74, 6) is -0.0567. The number of aryl methyl sites for hydroxylation is 1. The third-order valence-electron chi connectivity index (χ3n) is 3.86. The maximum absolute atomic E-state index is 12.7. The molecule has 3 rings (SSSR count). The van der Waals surface area contributed by atoms with Crippen molar-refractivity contribution in [2.75, 3.05) is 5.32 Å². The molecule has 1 amide bonds. The summed E-state index contributed by atoms with van der Waals surface area (Å²) in [4.78, 5) is 17.2. The predicted molar refractivity (Wildman–Crippen MR) is 97.1 cm³/mol. The molecule has 2 aromatic carbocycles. The summed E-state index contributed by atoms with van der Waals surface area (Å²) in [6.45, 7) is 4.10. The summed E-state index contributed by atoms with van der Waals surface area (Å²) in [6, 6.07) is 15.9. The normalized spacial score (nSPS) is 12.3. The van der Waals surface area contributed by atoms with Crippen LogP contribution in [0.3, 0.4) is 0 Å². The zero-order chi connectivity index (χ0) is 16.2. The molecule has 0 aliphatic heterocycles. The fourth-order valence-electron chi connectivity index (χ4n) is 2.77. The van der Waals surface area contributed by atoms with Crippen molar-refractivity contribution in [2.45, 2.75) is 32.6 Å². The molecule has 0 saturated carbocycles. The van der Waals surface area contributed by atoms with Crippen molar-refractivity contribution in [1.29, 1.82) is 0 Å². The molecule has 3 aromatic rings. The van der Waals surface area contributed by atoms with Gasteiger partial charge < -0.3 is 5.32 Å². The van der Waals surface area contributed by atoms with Crippen LogP contribution in [0.4, 0.5) is 5.69 Å². The highest BCUT2D eigenvalue weighted by Crippen LogP contribution is 2.27. The van der Waals surface area contributed by atoms with Crippen molar-refractivity contribution in [3.05, 3.63) is 59.1 Å². The van der Waals surface area contributed by atoms with Crippen LogP contribution in [0, 0.1) is 6.92 Å². The van der Waals surface area contributed by atoms with E-state index in [1.807, 2.05) is 55.5 Å². The summed E-state index contributed by atoms with van der Waals surface area (Å²) >= 11 is 1.65. The van der Waals surface area contributed by atoms with Crippen molar-refractivity contribution in [3.63, 3.8) is 0 Å². The van der Waals surface area contributed by atoms with Crippen LogP contribution in [0.25, 0.3) is 10.2 Å². The van der Waals surface area contributed by atoms with Gasteiger partial charge in [-0.05, 0) is 37.1 Å². The van der Waals surface area contributed by atoms with E-state index in [2.05, 4.69) is 17.2 Å². The second-order valence-corrected chi connectivity index (χ2v) is 6.89. The number of benzene rings is 2. The second-order valence-electron chi connectivity index (χ2n) is 5.66. The summed E-state index contributed by atoms with van der Waals surface area (Å²) in [7, 11) is 0. The first-order valence-electron chi connectivity index (χ1n) is 7.90. The zero-order valence-corrected chi connectivity index (χ0v) is 14.2. The number of fused-ring (bicyclic) bond motifs is 1. The highest BCUT2D eigenvalue weighted by atomic mass is 32.1. The van der Waals surface area contributed by atoms with E-state index >= 15 is 0 Å². The number of amides is 1. The first-order chi connectivity index (χ1) is 11.2. The molecule has 0 spiro atoms. The SMILES string of the molecule is CCC[C@@H](C(=O)Nc1ccc2nc(C)sc2c1)c1ccccc1. The van der Waals surface area contributed by atoms with Crippen LogP contribution in [-0.2, 0) is 4.79 Å². The minimum absolute atomic E-state index is 0.0543. The van der Waals surface area contributed by atoms with Crippen molar-refractivity contribution in [1.82, 2.24) is 4.98 Å². The van der Waals surface area contributed by atoms with Gasteiger partial charge in [-0.1, -0.05) is 43.7 Å². The second kappa shape index (κ2) is 6.92.